The van der Waals surface area contributed by atoms with Gasteiger partial charge in [0.05, 0.1) is 20.2 Å². The van der Waals surface area contributed by atoms with Crippen molar-refractivity contribution >= 4 is 11.6 Å². The molecule has 0 aliphatic rings. The Kier molecular flexibility index (Phi) is 6.11. The van der Waals surface area contributed by atoms with Gasteiger partial charge >= 0.3 is 0 Å². The Balaban J connectivity index is 1.60. The van der Waals surface area contributed by atoms with Crippen LogP contribution in [-0.4, -0.2) is 32.7 Å². The van der Waals surface area contributed by atoms with Crippen molar-refractivity contribution in [2.75, 3.05) is 32.1 Å². The van der Waals surface area contributed by atoms with Gasteiger partial charge in [-0.2, -0.15) is 0 Å². The van der Waals surface area contributed by atoms with Crippen molar-refractivity contribution in [2.45, 2.75) is 0 Å². The first-order valence-corrected chi connectivity index (χ1v) is 7.10. The first kappa shape index (κ1) is 15.7. The smallest absolute Gasteiger partial charge is 0.239 e. The van der Waals surface area contributed by atoms with E-state index in [-0.39, 0.29) is 12.5 Å². The summed E-state index contributed by atoms with van der Waals surface area (Å²) in [5.41, 5.74) is 0.923. The number of hydrogen-bond donors (Lipinski definition) is 2. The Labute approximate surface area is 130 Å². The van der Waals surface area contributed by atoms with Gasteiger partial charge in [-0.15, -0.1) is 0 Å². The summed E-state index contributed by atoms with van der Waals surface area (Å²) >= 11 is 0. The lowest BCUT2D eigenvalue weighted by atomic mass is 10.3. The SMILES string of the molecule is COc1ccc(OCCNC(=O)CNc2ccccc2)cc1. The number of benzene rings is 2. The highest BCUT2D eigenvalue weighted by atomic mass is 16.5. The monoisotopic (exact) mass is 300 g/mol. The van der Waals surface area contributed by atoms with E-state index in [9.17, 15) is 4.79 Å². The van der Waals surface area contributed by atoms with Gasteiger partial charge in [0.1, 0.15) is 18.1 Å². The van der Waals surface area contributed by atoms with Crippen molar-refractivity contribution in [3.63, 3.8) is 0 Å². The third-order valence-electron chi connectivity index (χ3n) is 2.98. The van der Waals surface area contributed by atoms with Crippen molar-refractivity contribution in [3.8, 4) is 11.5 Å². The highest BCUT2D eigenvalue weighted by molar-refractivity contribution is 5.80. The maximum atomic E-state index is 11.7. The Morgan fingerprint density at radius 1 is 1.00 bits per heavy atom. The molecule has 0 aliphatic carbocycles. The molecule has 0 atom stereocenters. The van der Waals surface area contributed by atoms with Gasteiger partial charge < -0.3 is 20.1 Å². The van der Waals surface area contributed by atoms with Gasteiger partial charge in [0.25, 0.3) is 0 Å². The van der Waals surface area contributed by atoms with Gasteiger partial charge in [-0.05, 0) is 36.4 Å². The van der Waals surface area contributed by atoms with Crippen molar-refractivity contribution in [1.29, 1.82) is 0 Å². The number of methoxy groups -OCH3 is 1. The van der Waals surface area contributed by atoms with Gasteiger partial charge in [0.15, 0.2) is 0 Å². The molecule has 0 saturated carbocycles. The van der Waals surface area contributed by atoms with Crippen LogP contribution < -0.4 is 20.1 Å². The molecule has 0 bridgehead atoms. The molecule has 5 nitrogen and oxygen atoms in total. The van der Waals surface area contributed by atoms with E-state index in [0.717, 1.165) is 17.2 Å². The molecular formula is C17H20N2O3. The lowest BCUT2D eigenvalue weighted by molar-refractivity contribution is -0.119. The van der Waals surface area contributed by atoms with Crippen molar-refractivity contribution in [2.24, 2.45) is 0 Å². The quantitative estimate of drug-likeness (QED) is 0.735. The van der Waals surface area contributed by atoms with Crippen LogP contribution in [0, 0.1) is 0 Å². The molecule has 1 amide bonds. The summed E-state index contributed by atoms with van der Waals surface area (Å²) in [7, 11) is 1.62. The number of rotatable bonds is 8. The largest absolute Gasteiger partial charge is 0.497 e. The summed E-state index contributed by atoms with van der Waals surface area (Å²) in [6.45, 7) is 1.12. The van der Waals surface area contributed by atoms with Crippen LogP contribution in [0.4, 0.5) is 5.69 Å². The second-order valence-electron chi connectivity index (χ2n) is 4.59. The fourth-order valence-corrected chi connectivity index (χ4v) is 1.83. The highest BCUT2D eigenvalue weighted by Crippen LogP contribution is 2.16. The molecule has 0 saturated heterocycles. The third kappa shape index (κ3) is 5.36. The van der Waals surface area contributed by atoms with Crippen molar-refractivity contribution in [1.82, 2.24) is 5.32 Å². The molecule has 0 unspecified atom stereocenters. The second kappa shape index (κ2) is 8.56. The molecule has 2 rings (SSSR count). The molecule has 0 aliphatic heterocycles. The zero-order valence-corrected chi connectivity index (χ0v) is 12.5. The zero-order valence-electron chi connectivity index (χ0n) is 12.5. The number of amides is 1. The molecule has 22 heavy (non-hydrogen) atoms. The summed E-state index contributed by atoms with van der Waals surface area (Å²) in [4.78, 5) is 11.7. The predicted octanol–water partition coefficient (Wildman–Crippen LogP) is 2.30. The number of ether oxygens (including phenoxy) is 2. The van der Waals surface area contributed by atoms with E-state index in [1.807, 2.05) is 54.6 Å². The Bertz CT molecular complexity index is 570. The molecule has 2 N–H and O–H groups in total. The number of carbonyl (C=O) groups excluding carboxylic acids is 1. The van der Waals surface area contributed by atoms with Crippen molar-refractivity contribution < 1.29 is 14.3 Å². The lowest BCUT2D eigenvalue weighted by Gasteiger charge is -2.09. The Hall–Kier alpha value is -2.69. The fraction of sp³-hybridized carbons (Fsp3) is 0.235. The first-order chi connectivity index (χ1) is 10.8. The molecular weight excluding hydrogens is 280 g/mol. The van der Waals surface area contributed by atoms with Crippen LogP contribution in [0.25, 0.3) is 0 Å². The molecule has 0 fully saturated rings. The van der Waals surface area contributed by atoms with Gasteiger partial charge in [0.2, 0.25) is 5.91 Å². The van der Waals surface area contributed by atoms with Crippen molar-refractivity contribution in [3.05, 3.63) is 54.6 Å². The molecule has 0 spiro atoms. The van der Waals surface area contributed by atoms with E-state index in [0.29, 0.717) is 13.2 Å². The average Bonchev–Trinajstić information content (AvgIpc) is 2.58. The Morgan fingerprint density at radius 3 is 2.36 bits per heavy atom. The fourth-order valence-electron chi connectivity index (χ4n) is 1.83. The van der Waals surface area contributed by atoms with E-state index in [4.69, 9.17) is 9.47 Å². The van der Waals surface area contributed by atoms with E-state index in [1.54, 1.807) is 7.11 Å². The van der Waals surface area contributed by atoms with Crippen LogP contribution in [0.2, 0.25) is 0 Å². The second-order valence-corrected chi connectivity index (χ2v) is 4.59. The number of hydrogen-bond acceptors (Lipinski definition) is 4. The summed E-state index contributed by atoms with van der Waals surface area (Å²) in [5.74, 6) is 1.47. The van der Waals surface area contributed by atoms with Crippen LogP contribution in [-0.2, 0) is 4.79 Å². The molecule has 5 heteroatoms. The lowest BCUT2D eigenvalue weighted by Crippen LogP contribution is -2.32. The normalized spacial score (nSPS) is 9.86. The molecule has 0 heterocycles. The Morgan fingerprint density at radius 2 is 1.68 bits per heavy atom. The minimum Gasteiger partial charge on any atom is -0.497 e. The zero-order chi connectivity index (χ0) is 15.6. The summed E-state index contributed by atoms with van der Waals surface area (Å²) in [5, 5.41) is 5.84. The van der Waals surface area contributed by atoms with Crippen LogP contribution in [0.1, 0.15) is 0 Å². The molecule has 0 aromatic heterocycles. The van der Waals surface area contributed by atoms with Gasteiger partial charge in [-0.1, -0.05) is 18.2 Å². The van der Waals surface area contributed by atoms with Crippen LogP contribution in [0.5, 0.6) is 11.5 Å². The van der Waals surface area contributed by atoms with E-state index >= 15 is 0 Å². The molecule has 2 aromatic carbocycles. The molecule has 116 valence electrons. The first-order valence-electron chi connectivity index (χ1n) is 7.10. The van der Waals surface area contributed by atoms with Crippen LogP contribution in [0.3, 0.4) is 0 Å². The minimum atomic E-state index is -0.0674. The van der Waals surface area contributed by atoms with Gasteiger partial charge in [0, 0.05) is 5.69 Å². The summed E-state index contributed by atoms with van der Waals surface area (Å²) in [6, 6.07) is 16.9. The third-order valence-corrected chi connectivity index (χ3v) is 2.98. The predicted molar refractivity (Wildman–Crippen MR) is 86.4 cm³/mol. The van der Waals surface area contributed by atoms with E-state index in [2.05, 4.69) is 10.6 Å². The molecule has 0 radical (unpaired) electrons. The number of anilines is 1. The van der Waals surface area contributed by atoms with E-state index < -0.39 is 0 Å². The molecule has 2 aromatic rings. The summed E-state index contributed by atoms with van der Waals surface area (Å²) < 4.78 is 10.6. The summed E-state index contributed by atoms with van der Waals surface area (Å²) in [6.07, 6.45) is 0. The standard InChI is InChI=1S/C17H20N2O3/c1-21-15-7-9-16(10-8-15)22-12-11-18-17(20)13-19-14-5-3-2-4-6-14/h2-10,19H,11-13H2,1H3,(H,18,20). The highest BCUT2D eigenvalue weighted by Gasteiger charge is 2.01. The topological polar surface area (TPSA) is 59.6 Å². The van der Waals surface area contributed by atoms with E-state index in [1.165, 1.54) is 0 Å². The average molecular weight is 300 g/mol. The number of nitrogens with one attached hydrogen (secondary N) is 2. The van der Waals surface area contributed by atoms with Gasteiger partial charge in [-0.25, -0.2) is 0 Å². The van der Waals surface area contributed by atoms with Crippen LogP contribution in [0.15, 0.2) is 54.6 Å². The maximum absolute atomic E-state index is 11.7. The number of para-hydroxylation sites is 1. The van der Waals surface area contributed by atoms with Crippen LogP contribution >= 0.6 is 0 Å². The maximum Gasteiger partial charge on any atom is 0.239 e. The van der Waals surface area contributed by atoms with Gasteiger partial charge in [-0.3, -0.25) is 4.79 Å². The number of carbonyl (C=O) groups is 1. The minimum absolute atomic E-state index is 0.0674.